The van der Waals surface area contributed by atoms with Gasteiger partial charge in [0.05, 0.1) is 16.1 Å². The number of carboxylic acids is 1. The van der Waals surface area contributed by atoms with Gasteiger partial charge in [0.2, 0.25) is 0 Å². The molecular weight excluding hydrogens is 400 g/mol. The number of carbonyl (C=O) groups is 2. The number of thiazole rings is 1. The molecule has 1 aliphatic carbocycles. The Labute approximate surface area is 178 Å². The Kier molecular flexibility index (Phi) is 5.55. The lowest BCUT2D eigenvalue weighted by atomic mass is 9.98. The highest BCUT2D eigenvalue weighted by Crippen LogP contribution is 2.44. The average molecular weight is 423 g/mol. The van der Waals surface area contributed by atoms with Crippen LogP contribution in [0.2, 0.25) is 0 Å². The highest BCUT2D eigenvalue weighted by molar-refractivity contribution is 7.10. The van der Waals surface area contributed by atoms with Crippen LogP contribution < -0.4 is 0 Å². The molecule has 0 saturated heterocycles. The van der Waals surface area contributed by atoms with E-state index < -0.39 is 18.1 Å². The molecule has 1 aliphatic rings. The molecule has 3 aromatic rings. The summed E-state index contributed by atoms with van der Waals surface area (Å²) in [6.07, 6.45) is -0.639. The fourth-order valence-electron chi connectivity index (χ4n) is 4.05. The van der Waals surface area contributed by atoms with Crippen molar-refractivity contribution in [1.82, 2.24) is 9.88 Å². The highest BCUT2D eigenvalue weighted by atomic mass is 32.1. The Morgan fingerprint density at radius 3 is 2.23 bits per heavy atom. The summed E-state index contributed by atoms with van der Waals surface area (Å²) in [7, 11) is 0. The summed E-state index contributed by atoms with van der Waals surface area (Å²) in [6.45, 7) is 3.85. The van der Waals surface area contributed by atoms with Gasteiger partial charge in [-0.3, -0.25) is 4.90 Å². The van der Waals surface area contributed by atoms with Crippen LogP contribution in [0, 0.1) is 6.92 Å². The maximum Gasteiger partial charge on any atom is 0.410 e. The van der Waals surface area contributed by atoms with Crippen LogP contribution in [0.5, 0.6) is 0 Å². The molecule has 2 aromatic carbocycles. The first kappa shape index (κ1) is 20.1. The van der Waals surface area contributed by atoms with Crippen LogP contribution in [0.3, 0.4) is 0 Å². The Morgan fingerprint density at radius 1 is 1.13 bits per heavy atom. The number of carbonyl (C=O) groups excluding carboxylic acids is 1. The molecule has 6 nitrogen and oxygen atoms in total. The summed E-state index contributed by atoms with van der Waals surface area (Å²) >= 11 is 1.23. The van der Waals surface area contributed by atoms with Gasteiger partial charge in [-0.25, -0.2) is 14.6 Å². The van der Waals surface area contributed by atoms with Crippen molar-refractivity contribution < 1.29 is 19.4 Å². The van der Waals surface area contributed by atoms with Crippen molar-refractivity contribution in [3.63, 3.8) is 0 Å². The molecule has 0 saturated carbocycles. The van der Waals surface area contributed by atoms with Crippen LogP contribution in [0.25, 0.3) is 11.1 Å². The first-order valence-electron chi connectivity index (χ1n) is 9.77. The Morgan fingerprint density at radius 2 is 1.73 bits per heavy atom. The minimum Gasteiger partial charge on any atom is -0.479 e. The number of hydrogen-bond donors (Lipinski definition) is 1. The van der Waals surface area contributed by atoms with Crippen LogP contribution >= 0.6 is 11.3 Å². The molecule has 30 heavy (non-hydrogen) atoms. The molecular formula is C23H22N2O4S. The maximum absolute atomic E-state index is 12.9. The molecule has 0 spiro atoms. The zero-order valence-corrected chi connectivity index (χ0v) is 17.6. The van der Waals surface area contributed by atoms with Gasteiger partial charge in [-0.15, -0.1) is 11.3 Å². The van der Waals surface area contributed by atoms with Crippen molar-refractivity contribution in [3.8, 4) is 11.1 Å². The van der Waals surface area contributed by atoms with Crippen LogP contribution in [0.1, 0.15) is 40.6 Å². The molecule has 154 valence electrons. The lowest BCUT2D eigenvalue weighted by molar-refractivity contribution is -0.142. The van der Waals surface area contributed by atoms with E-state index in [1.165, 1.54) is 16.2 Å². The Bertz CT molecular complexity index is 1050. The minimum atomic E-state index is -1.11. The second-order valence-corrected chi connectivity index (χ2v) is 8.02. The molecule has 1 N–H and O–H groups in total. The second kappa shape index (κ2) is 8.28. The quantitative estimate of drug-likeness (QED) is 0.614. The number of ether oxygens (including phenoxy) is 1. The van der Waals surface area contributed by atoms with Gasteiger partial charge in [0, 0.05) is 12.5 Å². The predicted molar refractivity (Wildman–Crippen MR) is 115 cm³/mol. The molecule has 0 radical (unpaired) electrons. The van der Waals surface area contributed by atoms with Crippen molar-refractivity contribution in [1.29, 1.82) is 0 Å². The van der Waals surface area contributed by atoms with Crippen molar-refractivity contribution >= 4 is 23.4 Å². The van der Waals surface area contributed by atoms with E-state index in [1.54, 1.807) is 19.4 Å². The standard InChI is InChI=1S/C23H22N2O4S/c1-3-25(20(22(26)27)21-14(2)24-13-30-21)23(28)29-12-19-17-10-6-4-8-15(17)16-9-5-7-11-18(16)19/h4-11,13,19-20H,3,12H2,1-2H3,(H,26,27). The Balaban J connectivity index is 1.57. The fourth-order valence-corrected chi connectivity index (χ4v) is 4.96. The van der Waals surface area contributed by atoms with E-state index in [1.807, 2.05) is 36.4 Å². The fraction of sp³-hybridized carbons (Fsp3) is 0.261. The van der Waals surface area contributed by atoms with E-state index in [-0.39, 0.29) is 19.1 Å². The number of benzene rings is 2. The Hall–Kier alpha value is -3.19. The molecule has 0 aliphatic heterocycles. The molecule has 1 atom stereocenters. The topological polar surface area (TPSA) is 79.7 Å². The van der Waals surface area contributed by atoms with Crippen LogP contribution in [-0.2, 0) is 9.53 Å². The predicted octanol–water partition coefficient (Wildman–Crippen LogP) is 4.85. The summed E-state index contributed by atoms with van der Waals surface area (Å²) in [5.41, 5.74) is 6.71. The van der Waals surface area contributed by atoms with Gasteiger partial charge in [-0.1, -0.05) is 48.5 Å². The number of fused-ring (bicyclic) bond motifs is 3. The summed E-state index contributed by atoms with van der Waals surface area (Å²) in [5.74, 6) is -1.17. The number of hydrogen-bond acceptors (Lipinski definition) is 5. The van der Waals surface area contributed by atoms with E-state index in [0.717, 1.165) is 22.3 Å². The molecule has 1 amide bonds. The smallest absolute Gasteiger partial charge is 0.410 e. The zero-order valence-electron chi connectivity index (χ0n) is 16.7. The van der Waals surface area contributed by atoms with Gasteiger partial charge in [0.25, 0.3) is 0 Å². The normalized spacial score (nSPS) is 13.4. The number of aryl methyl sites for hydroxylation is 1. The SMILES string of the molecule is CCN(C(=O)OCC1c2ccccc2-c2ccccc21)C(C(=O)O)c1scnc1C. The third-order valence-corrected chi connectivity index (χ3v) is 6.47. The maximum atomic E-state index is 12.9. The third kappa shape index (κ3) is 3.45. The zero-order chi connectivity index (χ0) is 21.3. The number of aliphatic carboxylic acids is 1. The summed E-state index contributed by atoms with van der Waals surface area (Å²) < 4.78 is 5.67. The molecule has 4 rings (SSSR count). The summed E-state index contributed by atoms with van der Waals surface area (Å²) in [5, 5.41) is 9.79. The molecule has 7 heteroatoms. The third-order valence-electron chi connectivity index (χ3n) is 5.49. The highest BCUT2D eigenvalue weighted by Gasteiger charge is 2.35. The van der Waals surface area contributed by atoms with Gasteiger partial charge in [-0.05, 0) is 36.1 Å². The average Bonchev–Trinajstić information content (AvgIpc) is 3.31. The van der Waals surface area contributed by atoms with E-state index in [9.17, 15) is 14.7 Å². The minimum absolute atomic E-state index is 0.0755. The van der Waals surface area contributed by atoms with E-state index in [4.69, 9.17) is 4.74 Å². The van der Waals surface area contributed by atoms with Crippen molar-refractivity contribution in [3.05, 3.63) is 75.7 Å². The van der Waals surface area contributed by atoms with Gasteiger partial charge < -0.3 is 9.84 Å². The molecule has 1 aromatic heterocycles. The van der Waals surface area contributed by atoms with E-state index in [0.29, 0.717) is 10.6 Å². The van der Waals surface area contributed by atoms with Gasteiger partial charge >= 0.3 is 12.1 Å². The van der Waals surface area contributed by atoms with E-state index >= 15 is 0 Å². The van der Waals surface area contributed by atoms with Crippen LogP contribution in [0.15, 0.2) is 54.0 Å². The molecule has 1 unspecified atom stereocenters. The van der Waals surface area contributed by atoms with Crippen molar-refractivity contribution in [2.45, 2.75) is 25.8 Å². The lowest BCUT2D eigenvalue weighted by Crippen LogP contribution is -2.39. The van der Waals surface area contributed by atoms with Crippen molar-refractivity contribution in [2.24, 2.45) is 0 Å². The monoisotopic (exact) mass is 422 g/mol. The van der Waals surface area contributed by atoms with Gasteiger partial charge in [0.1, 0.15) is 6.61 Å². The lowest BCUT2D eigenvalue weighted by Gasteiger charge is -2.27. The summed E-state index contributed by atoms with van der Waals surface area (Å²) in [4.78, 5) is 30.8. The number of aromatic nitrogens is 1. The largest absolute Gasteiger partial charge is 0.479 e. The number of carboxylic acid groups (broad SMARTS) is 1. The van der Waals surface area contributed by atoms with Crippen LogP contribution in [0.4, 0.5) is 4.79 Å². The first-order chi connectivity index (χ1) is 14.5. The number of amides is 1. The molecule has 0 bridgehead atoms. The van der Waals surface area contributed by atoms with E-state index in [2.05, 4.69) is 17.1 Å². The first-order valence-corrected chi connectivity index (χ1v) is 10.6. The molecule has 1 heterocycles. The van der Waals surface area contributed by atoms with Gasteiger partial charge in [0.15, 0.2) is 6.04 Å². The van der Waals surface area contributed by atoms with Crippen molar-refractivity contribution in [2.75, 3.05) is 13.2 Å². The number of rotatable bonds is 6. The number of likely N-dealkylation sites (N-methyl/N-ethyl adjacent to an activating group) is 1. The van der Waals surface area contributed by atoms with Crippen LogP contribution in [-0.4, -0.2) is 40.2 Å². The van der Waals surface area contributed by atoms with Gasteiger partial charge in [-0.2, -0.15) is 0 Å². The number of nitrogens with zero attached hydrogens (tertiary/aromatic N) is 2. The second-order valence-electron chi connectivity index (χ2n) is 7.13. The molecule has 0 fully saturated rings. The summed E-state index contributed by atoms with van der Waals surface area (Å²) in [6, 6.07) is 15.1.